The van der Waals surface area contributed by atoms with Gasteiger partial charge in [-0.2, -0.15) is 0 Å². The minimum Gasteiger partial charge on any atom is -0.486 e. The molecule has 5 nitrogen and oxygen atoms in total. The van der Waals surface area contributed by atoms with Crippen LogP contribution in [0.4, 0.5) is 11.4 Å². The van der Waals surface area contributed by atoms with Crippen LogP contribution in [0.3, 0.4) is 0 Å². The van der Waals surface area contributed by atoms with Gasteiger partial charge in [-0.3, -0.25) is 0 Å². The smallest absolute Gasteiger partial charge is 0.163 e. The molecule has 0 bridgehead atoms. The van der Waals surface area contributed by atoms with Gasteiger partial charge in [-0.05, 0) is 20.0 Å². The minimum atomic E-state index is 0.458. The largest absolute Gasteiger partial charge is 0.486 e. The van der Waals surface area contributed by atoms with E-state index in [4.69, 9.17) is 15.2 Å². The number of fused-ring (bicyclic) bond motifs is 1. The van der Waals surface area contributed by atoms with Crippen LogP contribution in [0.2, 0.25) is 0 Å². The first-order valence-electron chi connectivity index (χ1n) is 6.36. The van der Waals surface area contributed by atoms with Crippen LogP contribution in [-0.4, -0.2) is 44.3 Å². The number of rotatable bonds is 2. The molecular formula is C13H19N3O2. The number of nitrogen functional groups attached to an aromatic ring is 1. The molecule has 0 saturated carbocycles. The van der Waals surface area contributed by atoms with E-state index in [0.717, 1.165) is 36.7 Å². The Labute approximate surface area is 107 Å². The predicted octanol–water partition coefficient (Wildman–Crippen LogP) is 1.16. The highest BCUT2D eigenvalue weighted by Gasteiger charge is 2.21. The molecule has 2 heterocycles. The van der Waals surface area contributed by atoms with Crippen molar-refractivity contribution in [2.24, 2.45) is 0 Å². The Hall–Kier alpha value is -1.62. The van der Waals surface area contributed by atoms with E-state index in [1.165, 1.54) is 0 Å². The lowest BCUT2D eigenvalue weighted by Crippen LogP contribution is -2.24. The zero-order valence-corrected chi connectivity index (χ0v) is 10.6. The average Bonchev–Trinajstić information content (AvgIpc) is 2.76. The summed E-state index contributed by atoms with van der Waals surface area (Å²) in [6, 6.07) is 4.25. The van der Waals surface area contributed by atoms with Crippen LogP contribution in [-0.2, 0) is 0 Å². The normalized spacial score (nSPS) is 23.1. The Kier molecular flexibility index (Phi) is 2.91. The average molecular weight is 249 g/mol. The van der Waals surface area contributed by atoms with Crippen molar-refractivity contribution in [1.82, 2.24) is 4.90 Å². The first-order valence-corrected chi connectivity index (χ1v) is 6.36. The van der Waals surface area contributed by atoms with Crippen molar-refractivity contribution in [3.8, 4) is 11.5 Å². The first-order chi connectivity index (χ1) is 8.72. The van der Waals surface area contributed by atoms with Crippen molar-refractivity contribution in [2.45, 2.75) is 12.5 Å². The molecule has 2 aliphatic heterocycles. The van der Waals surface area contributed by atoms with Gasteiger partial charge < -0.3 is 25.4 Å². The van der Waals surface area contributed by atoms with Gasteiger partial charge in [-0.1, -0.05) is 0 Å². The zero-order valence-electron chi connectivity index (χ0n) is 10.6. The topological polar surface area (TPSA) is 59.8 Å². The molecule has 0 radical (unpaired) electrons. The summed E-state index contributed by atoms with van der Waals surface area (Å²) in [5, 5.41) is 3.49. The molecule has 0 amide bonds. The van der Waals surface area contributed by atoms with E-state index in [9.17, 15) is 0 Å². The third-order valence-electron chi connectivity index (χ3n) is 3.47. The number of hydrogen-bond donors (Lipinski definition) is 2. The maximum Gasteiger partial charge on any atom is 0.163 e. The van der Waals surface area contributed by atoms with Gasteiger partial charge in [-0.25, -0.2) is 0 Å². The summed E-state index contributed by atoms with van der Waals surface area (Å²) in [5.74, 6) is 1.53. The van der Waals surface area contributed by atoms with Crippen molar-refractivity contribution >= 4 is 11.4 Å². The second-order valence-corrected chi connectivity index (χ2v) is 4.98. The Morgan fingerprint density at radius 1 is 1.28 bits per heavy atom. The second kappa shape index (κ2) is 4.57. The van der Waals surface area contributed by atoms with E-state index >= 15 is 0 Å². The highest BCUT2D eigenvalue weighted by molar-refractivity contribution is 5.72. The molecule has 2 aliphatic rings. The molecule has 1 aromatic rings. The summed E-state index contributed by atoms with van der Waals surface area (Å²) in [4.78, 5) is 2.31. The Morgan fingerprint density at radius 2 is 2.00 bits per heavy atom. The number of nitrogens with two attached hydrogens (primary N) is 1. The quantitative estimate of drug-likeness (QED) is 0.770. The van der Waals surface area contributed by atoms with Crippen LogP contribution in [0.15, 0.2) is 12.1 Å². The standard InChI is InChI=1S/C13H19N3O2/c1-16-3-2-9(8-16)15-11-7-13-12(6-10(11)14)17-4-5-18-13/h6-7,9,15H,2-5,8,14H2,1H3. The fraction of sp³-hybridized carbons (Fsp3) is 0.538. The number of benzene rings is 1. The fourth-order valence-corrected chi connectivity index (χ4v) is 2.50. The Morgan fingerprint density at radius 3 is 2.67 bits per heavy atom. The van der Waals surface area contributed by atoms with Gasteiger partial charge in [0.25, 0.3) is 0 Å². The second-order valence-electron chi connectivity index (χ2n) is 4.98. The molecular weight excluding hydrogens is 230 g/mol. The van der Waals surface area contributed by atoms with E-state index in [1.54, 1.807) is 0 Å². The lowest BCUT2D eigenvalue weighted by atomic mass is 10.2. The molecule has 0 spiro atoms. The van der Waals surface area contributed by atoms with Crippen LogP contribution in [0.5, 0.6) is 11.5 Å². The minimum absolute atomic E-state index is 0.458. The number of likely N-dealkylation sites (N-methyl/N-ethyl adjacent to an activating group) is 1. The first kappa shape index (κ1) is 11.5. The number of anilines is 2. The monoisotopic (exact) mass is 249 g/mol. The number of nitrogens with zero attached hydrogens (tertiary/aromatic N) is 1. The summed E-state index contributed by atoms with van der Waals surface area (Å²) in [7, 11) is 2.13. The third-order valence-corrected chi connectivity index (χ3v) is 3.47. The fourth-order valence-electron chi connectivity index (χ4n) is 2.50. The highest BCUT2D eigenvalue weighted by atomic mass is 16.6. The van der Waals surface area contributed by atoms with Crippen molar-refractivity contribution in [2.75, 3.05) is 44.4 Å². The van der Waals surface area contributed by atoms with E-state index < -0.39 is 0 Å². The molecule has 1 unspecified atom stereocenters. The van der Waals surface area contributed by atoms with Gasteiger partial charge >= 0.3 is 0 Å². The van der Waals surface area contributed by atoms with Gasteiger partial charge in [0.1, 0.15) is 13.2 Å². The van der Waals surface area contributed by atoms with Crippen LogP contribution < -0.4 is 20.5 Å². The molecule has 0 aliphatic carbocycles. The molecule has 1 aromatic carbocycles. The molecule has 98 valence electrons. The lowest BCUT2D eigenvalue weighted by molar-refractivity contribution is 0.172. The zero-order chi connectivity index (χ0) is 12.5. The summed E-state index contributed by atoms with van der Waals surface area (Å²) in [5.41, 5.74) is 7.71. The van der Waals surface area contributed by atoms with Gasteiger partial charge in [0.05, 0.1) is 11.4 Å². The van der Waals surface area contributed by atoms with Crippen molar-refractivity contribution in [1.29, 1.82) is 0 Å². The molecule has 18 heavy (non-hydrogen) atoms. The number of hydrogen-bond acceptors (Lipinski definition) is 5. The van der Waals surface area contributed by atoms with Gasteiger partial charge in [0.2, 0.25) is 0 Å². The molecule has 5 heteroatoms. The maximum absolute atomic E-state index is 6.05. The molecule has 3 rings (SSSR count). The third kappa shape index (κ3) is 2.18. The molecule has 0 aromatic heterocycles. The molecule has 1 fully saturated rings. The lowest BCUT2D eigenvalue weighted by Gasteiger charge is -2.22. The van der Waals surface area contributed by atoms with E-state index in [2.05, 4.69) is 17.3 Å². The summed E-state index contributed by atoms with van der Waals surface area (Å²) >= 11 is 0. The van der Waals surface area contributed by atoms with Crippen LogP contribution in [0.25, 0.3) is 0 Å². The van der Waals surface area contributed by atoms with Crippen molar-refractivity contribution in [3.63, 3.8) is 0 Å². The van der Waals surface area contributed by atoms with Crippen LogP contribution >= 0.6 is 0 Å². The predicted molar refractivity (Wildman–Crippen MR) is 71.4 cm³/mol. The SMILES string of the molecule is CN1CCC(Nc2cc3c(cc2N)OCCO3)C1. The summed E-state index contributed by atoms with van der Waals surface area (Å²) in [6.45, 7) is 3.37. The van der Waals surface area contributed by atoms with Gasteiger partial charge in [0.15, 0.2) is 11.5 Å². The number of nitrogens with one attached hydrogen (secondary N) is 1. The summed E-state index contributed by atoms with van der Waals surface area (Å²) in [6.07, 6.45) is 1.14. The van der Waals surface area contributed by atoms with Gasteiger partial charge in [-0.15, -0.1) is 0 Å². The van der Waals surface area contributed by atoms with E-state index in [0.29, 0.717) is 24.9 Å². The van der Waals surface area contributed by atoms with E-state index in [1.807, 2.05) is 12.1 Å². The van der Waals surface area contributed by atoms with Crippen LogP contribution in [0, 0.1) is 0 Å². The number of ether oxygens (including phenoxy) is 2. The number of likely N-dealkylation sites (tertiary alicyclic amines) is 1. The van der Waals surface area contributed by atoms with Crippen LogP contribution in [0.1, 0.15) is 6.42 Å². The molecule has 3 N–H and O–H groups in total. The summed E-state index contributed by atoms with van der Waals surface area (Å²) < 4.78 is 11.1. The Bertz CT molecular complexity index is 450. The maximum atomic E-state index is 6.05. The van der Waals surface area contributed by atoms with E-state index in [-0.39, 0.29) is 0 Å². The molecule has 1 saturated heterocycles. The molecule has 1 atom stereocenters. The highest BCUT2D eigenvalue weighted by Crippen LogP contribution is 2.37. The Balaban J connectivity index is 1.79. The van der Waals surface area contributed by atoms with Crippen molar-refractivity contribution < 1.29 is 9.47 Å². The van der Waals surface area contributed by atoms with Gasteiger partial charge in [0, 0.05) is 24.7 Å². The van der Waals surface area contributed by atoms with Crippen molar-refractivity contribution in [3.05, 3.63) is 12.1 Å².